The molecule has 2 aromatic carbocycles. The molecule has 1 atom stereocenters. The highest BCUT2D eigenvalue weighted by atomic mass is 19.1. The first-order valence-corrected chi connectivity index (χ1v) is 13.7. The molecular weight excluding hydrogens is 491 g/mol. The number of rotatable bonds is 8. The molecule has 0 spiro atoms. The number of carbonyl (C=O) groups is 1. The molecule has 6 heteroatoms. The molecule has 0 saturated carbocycles. The van der Waals surface area contributed by atoms with Crippen LogP contribution >= 0.6 is 0 Å². The monoisotopic (exact) mass is 534 g/mol. The topological polar surface area (TPSA) is 71.4 Å². The van der Waals surface area contributed by atoms with Crippen molar-refractivity contribution in [2.24, 2.45) is 0 Å². The number of unbranched alkanes of at least 4 members (excludes halogenated alkanes) is 1. The fraction of sp³-hybridized carbons (Fsp3) is 0.394. The second kappa shape index (κ2) is 16.5. The second-order valence-corrected chi connectivity index (χ2v) is 9.28. The summed E-state index contributed by atoms with van der Waals surface area (Å²) in [6, 6.07) is 11.1. The van der Waals surface area contributed by atoms with Gasteiger partial charge in [0, 0.05) is 17.7 Å². The summed E-state index contributed by atoms with van der Waals surface area (Å²) in [4.78, 5) is 12.9. The predicted molar refractivity (Wildman–Crippen MR) is 160 cm³/mol. The molecule has 3 rings (SSSR count). The first-order valence-electron chi connectivity index (χ1n) is 13.7. The Balaban J connectivity index is 0.00000124. The van der Waals surface area contributed by atoms with Gasteiger partial charge in [-0.25, -0.2) is 4.39 Å². The van der Waals surface area contributed by atoms with Crippen LogP contribution in [0.2, 0.25) is 0 Å². The van der Waals surface area contributed by atoms with Crippen molar-refractivity contribution in [3.8, 4) is 0 Å². The Hall–Kier alpha value is -3.51. The average molecular weight is 535 g/mol. The summed E-state index contributed by atoms with van der Waals surface area (Å²) in [7, 11) is 1.49. The zero-order valence-corrected chi connectivity index (χ0v) is 24.2. The lowest BCUT2D eigenvalue weighted by Crippen LogP contribution is -2.29. The Bertz CT molecular complexity index is 1310. The number of benzene rings is 2. The van der Waals surface area contributed by atoms with E-state index in [9.17, 15) is 9.18 Å². The van der Waals surface area contributed by atoms with Crippen LogP contribution in [0.4, 0.5) is 4.39 Å². The normalized spacial score (nSPS) is 16.2. The highest BCUT2D eigenvalue weighted by Gasteiger charge is 2.21. The third-order valence-corrected chi connectivity index (χ3v) is 6.47. The van der Waals surface area contributed by atoms with Gasteiger partial charge in [-0.3, -0.25) is 10.2 Å². The molecule has 0 bridgehead atoms. The van der Waals surface area contributed by atoms with Crippen molar-refractivity contribution in [3.63, 3.8) is 0 Å². The van der Waals surface area contributed by atoms with Crippen molar-refractivity contribution in [3.05, 3.63) is 86.8 Å². The number of nitrogens with one attached hydrogen (secondary N) is 2. The number of carbonyl (C=O) groups excluding carboxylic acids is 1. The van der Waals surface area contributed by atoms with Crippen LogP contribution < -0.4 is 15.8 Å². The molecular formula is C33H43FN2O3. The molecule has 1 amide bonds. The van der Waals surface area contributed by atoms with Crippen LogP contribution in [-0.4, -0.2) is 32.1 Å². The molecule has 1 aliphatic heterocycles. The molecule has 1 unspecified atom stereocenters. The highest BCUT2D eigenvalue weighted by Crippen LogP contribution is 2.28. The van der Waals surface area contributed by atoms with E-state index in [1.165, 1.54) is 20.0 Å². The van der Waals surface area contributed by atoms with Gasteiger partial charge in [-0.05, 0) is 77.2 Å². The number of ether oxygens (including phenoxy) is 2. The summed E-state index contributed by atoms with van der Waals surface area (Å²) in [6.07, 6.45) is 10.2. The second-order valence-electron chi connectivity index (χ2n) is 9.28. The predicted octanol–water partition coefficient (Wildman–Crippen LogP) is 6.41. The number of amides is 1. The van der Waals surface area contributed by atoms with Crippen molar-refractivity contribution in [2.45, 2.75) is 66.7 Å². The van der Waals surface area contributed by atoms with Crippen LogP contribution in [0.15, 0.2) is 54.1 Å². The van der Waals surface area contributed by atoms with Crippen molar-refractivity contribution in [1.29, 1.82) is 5.41 Å². The SMILES string of the molecule is C/C=C(\C(=N)OC)c1ccc(=C/C)/c(=C\C(=C\CC)CNC(=O)c2ccc3c(c2)C(F)COC3)c1.CCCC. The van der Waals surface area contributed by atoms with Crippen molar-refractivity contribution in [2.75, 3.05) is 20.3 Å². The van der Waals surface area contributed by atoms with Gasteiger partial charge in [0.2, 0.25) is 5.90 Å². The maximum Gasteiger partial charge on any atom is 0.251 e. The summed E-state index contributed by atoms with van der Waals surface area (Å²) in [5.41, 5.74) is 4.30. The van der Waals surface area contributed by atoms with Crippen LogP contribution in [0.5, 0.6) is 0 Å². The number of alkyl halides is 1. The first-order chi connectivity index (χ1) is 18.8. The molecule has 0 radical (unpaired) electrons. The van der Waals surface area contributed by atoms with Crippen LogP contribution in [0.1, 0.15) is 87.1 Å². The molecule has 2 aromatic rings. The number of hydrogen-bond donors (Lipinski definition) is 2. The van der Waals surface area contributed by atoms with Crippen molar-refractivity contribution >= 4 is 29.5 Å². The van der Waals surface area contributed by atoms with E-state index in [-0.39, 0.29) is 18.4 Å². The van der Waals surface area contributed by atoms with Crippen molar-refractivity contribution < 1.29 is 18.7 Å². The molecule has 210 valence electrons. The molecule has 1 aliphatic rings. The number of allylic oxidation sites excluding steroid dienone is 2. The van der Waals surface area contributed by atoms with Gasteiger partial charge in [-0.1, -0.05) is 70.0 Å². The Labute approximate surface area is 232 Å². The Morgan fingerprint density at radius 3 is 2.44 bits per heavy atom. The Kier molecular flexibility index (Phi) is 13.4. The first kappa shape index (κ1) is 31.7. The van der Waals surface area contributed by atoms with Gasteiger partial charge in [0.05, 0.1) is 20.3 Å². The van der Waals surface area contributed by atoms with Gasteiger partial charge in [0.25, 0.3) is 5.91 Å². The van der Waals surface area contributed by atoms with Gasteiger partial charge in [-0.2, -0.15) is 0 Å². The van der Waals surface area contributed by atoms with Crippen LogP contribution in [0.3, 0.4) is 0 Å². The highest BCUT2D eigenvalue weighted by molar-refractivity contribution is 6.17. The number of hydrogen-bond acceptors (Lipinski definition) is 4. The zero-order chi connectivity index (χ0) is 28.8. The summed E-state index contributed by atoms with van der Waals surface area (Å²) in [6.45, 7) is 11.0. The van der Waals surface area contributed by atoms with Gasteiger partial charge in [0.1, 0.15) is 6.17 Å². The van der Waals surface area contributed by atoms with E-state index in [1.807, 2.05) is 57.2 Å². The lowest BCUT2D eigenvalue weighted by molar-refractivity contribution is 0.0512. The maximum absolute atomic E-state index is 14.2. The third-order valence-electron chi connectivity index (χ3n) is 6.47. The van der Waals surface area contributed by atoms with Gasteiger partial charge in [0.15, 0.2) is 0 Å². The average Bonchev–Trinajstić information content (AvgIpc) is 2.96. The van der Waals surface area contributed by atoms with Gasteiger partial charge in [-0.15, -0.1) is 0 Å². The van der Waals surface area contributed by atoms with Gasteiger partial charge >= 0.3 is 0 Å². The van der Waals surface area contributed by atoms with Crippen LogP contribution in [0.25, 0.3) is 17.7 Å². The van der Waals surface area contributed by atoms with Gasteiger partial charge < -0.3 is 14.8 Å². The van der Waals surface area contributed by atoms with Crippen LogP contribution in [-0.2, 0) is 16.1 Å². The molecule has 0 fully saturated rings. The van der Waals surface area contributed by atoms with E-state index in [0.717, 1.165) is 33.6 Å². The molecule has 0 aromatic heterocycles. The lowest BCUT2D eigenvalue weighted by atomic mass is 9.98. The summed E-state index contributed by atoms with van der Waals surface area (Å²) in [5.74, 6) is -0.141. The lowest BCUT2D eigenvalue weighted by Gasteiger charge is -2.20. The zero-order valence-electron chi connectivity index (χ0n) is 24.2. The minimum atomic E-state index is -1.21. The summed E-state index contributed by atoms with van der Waals surface area (Å²) in [5, 5.41) is 13.1. The Morgan fingerprint density at radius 2 is 1.82 bits per heavy atom. The van der Waals surface area contributed by atoms with E-state index in [2.05, 4.69) is 25.2 Å². The quantitative estimate of drug-likeness (QED) is 0.304. The molecule has 1 heterocycles. The Morgan fingerprint density at radius 1 is 1.10 bits per heavy atom. The van der Waals surface area contributed by atoms with Crippen molar-refractivity contribution in [1.82, 2.24) is 5.32 Å². The van der Waals surface area contributed by atoms with Crippen LogP contribution in [0, 0.1) is 5.41 Å². The summed E-state index contributed by atoms with van der Waals surface area (Å²) >= 11 is 0. The number of halogens is 1. The fourth-order valence-corrected chi connectivity index (χ4v) is 4.12. The van der Waals surface area contributed by atoms with E-state index in [1.54, 1.807) is 18.2 Å². The number of fused-ring (bicyclic) bond motifs is 1. The maximum atomic E-state index is 14.2. The van der Waals surface area contributed by atoms with E-state index < -0.39 is 6.17 Å². The molecule has 39 heavy (non-hydrogen) atoms. The standard InChI is InChI=1S/C29H33FN2O3.C4H10/c1-5-8-19(13-24-14-21(10-9-20(24)6-2)25(7-3)28(31)34-4)16-32-29(33)22-11-12-23-17-35-18-27(30)26(23)15-22;1-3-4-2/h6-15,27,31H,5,16-18H2,1-4H3,(H,32,33);3-4H2,1-2H3/b19-8-,20-6-,24-13-,25-7-,31-28?;. The molecule has 2 N–H and O–H groups in total. The smallest absolute Gasteiger partial charge is 0.251 e. The van der Waals surface area contributed by atoms with E-state index in [0.29, 0.717) is 29.9 Å². The third kappa shape index (κ3) is 9.03. The van der Waals surface area contributed by atoms with E-state index in [4.69, 9.17) is 14.9 Å². The minimum Gasteiger partial charge on any atom is -0.481 e. The summed E-state index contributed by atoms with van der Waals surface area (Å²) < 4.78 is 24.6. The molecule has 5 nitrogen and oxygen atoms in total. The fourth-order valence-electron chi connectivity index (χ4n) is 4.12. The number of methoxy groups -OCH3 is 1. The van der Waals surface area contributed by atoms with E-state index >= 15 is 0 Å². The minimum absolute atomic E-state index is 0.0189. The largest absolute Gasteiger partial charge is 0.481 e. The molecule has 0 aliphatic carbocycles. The molecule has 0 saturated heterocycles.